The zero-order chi connectivity index (χ0) is 20.2. The average Bonchev–Trinajstić information content (AvgIpc) is 3.10. The molecule has 1 heterocycles. The maximum absolute atomic E-state index is 12.7. The molecule has 0 unspecified atom stereocenters. The number of nitrogens with one attached hydrogen (secondary N) is 2. The molecule has 0 bridgehead atoms. The lowest BCUT2D eigenvalue weighted by molar-refractivity contribution is 0.490. The van der Waals surface area contributed by atoms with Crippen LogP contribution in [0.5, 0.6) is 0 Å². The van der Waals surface area contributed by atoms with E-state index in [1.807, 2.05) is 80.3 Å². The Balaban J connectivity index is 1.67. The summed E-state index contributed by atoms with van der Waals surface area (Å²) in [7, 11) is -3.58. The van der Waals surface area contributed by atoms with E-state index in [-0.39, 0.29) is 0 Å². The molecule has 3 aromatic rings. The highest BCUT2D eigenvalue weighted by atomic mass is 32.2. The van der Waals surface area contributed by atoms with Crippen LogP contribution >= 0.6 is 0 Å². The number of nitrogens with zero attached hydrogens (tertiary/aromatic N) is 2. The first-order valence-electron chi connectivity index (χ1n) is 9.16. The van der Waals surface area contributed by atoms with Crippen molar-refractivity contribution in [1.29, 1.82) is 0 Å². The molecule has 0 aliphatic heterocycles. The number of benzene rings is 2. The molecule has 0 saturated heterocycles. The van der Waals surface area contributed by atoms with E-state index in [9.17, 15) is 8.42 Å². The maximum atomic E-state index is 12.7. The molecule has 28 heavy (non-hydrogen) atoms. The van der Waals surface area contributed by atoms with Gasteiger partial charge in [-0.05, 0) is 44.5 Å². The number of aromatic nitrogens is 2. The van der Waals surface area contributed by atoms with Crippen molar-refractivity contribution in [1.82, 2.24) is 19.8 Å². The van der Waals surface area contributed by atoms with Gasteiger partial charge in [0, 0.05) is 30.4 Å². The molecule has 7 heteroatoms. The fourth-order valence-corrected chi connectivity index (χ4v) is 4.54. The number of sulfonamides is 1. The summed E-state index contributed by atoms with van der Waals surface area (Å²) in [4.78, 5) is 0.303. The van der Waals surface area contributed by atoms with Crippen molar-refractivity contribution in [2.24, 2.45) is 0 Å². The summed E-state index contributed by atoms with van der Waals surface area (Å²) in [5, 5.41) is 7.69. The minimum atomic E-state index is -3.58. The summed E-state index contributed by atoms with van der Waals surface area (Å²) < 4.78 is 30.0. The summed E-state index contributed by atoms with van der Waals surface area (Å²) >= 11 is 0. The van der Waals surface area contributed by atoms with Crippen molar-refractivity contribution in [3.8, 4) is 5.69 Å². The van der Waals surface area contributed by atoms with Crippen LogP contribution in [0.1, 0.15) is 31.9 Å². The normalized spacial score (nSPS) is 12.2. The molecule has 2 N–H and O–H groups in total. The maximum Gasteiger partial charge on any atom is 0.241 e. The molecule has 0 atom stereocenters. The van der Waals surface area contributed by atoms with Crippen molar-refractivity contribution in [2.75, 3.05) is 0 Å². The average molecular weight is 399 g/mol. The van der Waals surface area contributed by atoms with Crippen LogP contribution in [0.2, 0.25) is 0 Å². The van der Waals surface area contributed by atoms with Crippen molar-refractivity contribution < 1.29 is 8.42 Å². The topological polar surface area (TPSA) is 76.0 Å². The molecule has 3 rings (SSSR count). The van der Waals surface area contributed by atoms with Gasteiger partial charge in [0.25, 0.3) is 0 Å². The molecule has 0 fully saturated rings. The number of rotatable bonds is 7. The Morgan fingerprint density at radius 3 is 2.36 bits per heavy atom. The summed E-state index contributed by atoms with van der Waals surface area (Å²) in [5.41, 5.74) is 2.22. The monoisotopic (exact) mass is 398 g/mol. The smallest absolute Gasteiger partial charge is 0.241 e. The molecule has 0 radical (unpaired) electrons. The molecule has 1 aromatic heterocycles. The van der Waals surface area contributed by atoms with E-state index in [1.165, 1.54) is 0 Å². The van der Waals surface area contributed by atoms with Gasteiger partial charge in [0.2, 0.25) is 10.0 Å². The summed E-state index contributed by atoms with van der Waals surface area (Å²) in [6.45, 7) is 6.52. The number of hydrogen-bond donors (Lipinski definition) is 2. The van der Waals surface area contributed by atoms with Gasteiger partial charge in [-0.1, -0.05) is 36.4 Å². The van der Waals surface area contributed by atoms with Gasteiger partial charge in [0.15, 0.2) is 0 Å². The van der Waals surface area contributed by atoms with Gasteiger partial charge in [-0.25, -0.2) is 17.8 Å². The standard InChI is InChI=1S/C21H26N4O2S/c1-21(2,3)24-28(26,27)20-12-8-7-9-18(20)15-22-13-17-14-23-25(16-17)19-10-5-4-6-11-19/h4-12,14,16,22,24H,13,15H2,1-3H3. The zero-order valence-electron chi connectivity index (χ0n) is 16.4. The SMILES string of the molecule is CC(C)(C)NS(=O)(=O)c1ccccc1CNCc1cnn(-c2ccccc2)c1. The Labute approximate surface area is 166 Å². The zero-order valence-corrected chi connectivity index (χ0v) is 17.2. The van der Waals surface area contributed by atoms with Gasteiger partial charge in [0.1, 0.15) is 0 Å². The summed E-state index contributed by atoms with van der Waals surface area (Å²) in [6, 6.07) is 17.0. The molecule has 0 aliphatic rings. The lowest BCUT2D eigenvalue weighted by Crippen LogP contribution is -2.40. The van der Waals surface area contributed by atoms with E-state index < -0.39 is 15.6 Å². The molecule has 0 amide bonds. The highest BCUT2D eigenvalue weighted by molar-refractivity contribution is 7.89. The Bertz CT molecular complexity index is 1020. The fourth-order valence-electron chi connectivity index (χ4n) is 2.88. The lowest BCUT2D eigenvalue weighted by atomic mass is 10.1. The third-order valence-electron chi connectivity index (χ3n) is 4.00. The van der Waals surface area contributed by atoms with Crippen LogP contribution in [0.3, 0.4) is 0 Å². The second-order valence-electron chi connectivity index (χ2n) is 7.70. The highest BCUT2D eigenvalue weighted by Crippen LogP contribution is 2.18. The molecular weight excluding hydrogens is 372 g/mol. The van der Waals surface area contributed by atoms with E-state index >= 15 is 0 Å². The predicted molar refractivity (Wildman–Crippen MR) is 111 cm³/mol. The van der Waals surface area contributed by atoms with Crippen LogP contribution in [0.15, 0.2) is 71.9 Å². The Morgan fingerprint density at radius 2 is 1.64 bits per heavy atom. The van der Waals surface area contributed by atoms with Crippen molar-refractivity contribution in [3.63, 3.8) is 0 Å². The minimum Gasteiger partial charge on any atom is -0.308 e. The predicted octanol–water partition coefficient (Wildman–Crippen LogP) is 3.24. The van der Waals surface area contributed by atoms with Gasteiger partial charge >= 0.3 is 0 Å². The molecule has 2 aromatic carbocycles. The van der Waals surface area contributed by atoms with Gasteiger partial charge in [-0.3, -0.25) is 0 Å². The Kier molecular flexibility index (Phi) is 5.98. The third-order valence-corrected chi connectivity index (χ3v) is 5.86. The van der Waals surface area contributed by atoms with Gasteiger partial charge in [-0.15, -0.1) is 0 Å². The molecule has 6 nitrogen and oxygen atoms in total. The lowest BCUT2D eigenvalue weighted by Gasteiger charge is -2.21. The van der Waals surface area contributed by atoms with Crippen LogP contribution in [-0.2, 0) is 23.1 Å². The van der Waals surface area contributed by atoms with E-state index in [1.54, 1.807) is 12.1 Å². The minimum absolute atomic E-state index is 0.303. The molecule has 0 saturated carbocycles. The van der Waals surface area contributed by atoms with Crippen LogP contribution < -0.4 is 10.0 Å². The van der Waals surface area contributed by atoms with E-state index in [0.717, 1.165) is 16.8 Å². The summed E-state index contributed by atoms with van der Waals surface area (Å²) in [5.74, 6) is 0. The second kappa shape index (κ2) is 8.26. The van der Waals surface area contributed by atoms with Crippen LogP contribution in [0.4, 0.5) is 0 Å². The van der Waals surface area contributed by atoms with Crippen molar-refractivity contribution in [3.05, 3.63) is 78.1 Å². The van der Waals surface area contributed by atoms with Crippen molar-refractivity contribution in [2.45, 2.75) is 44.3 Å². The quantitative estimate of drug-likeness (QED) is 0.641. The molecule has 0 spiro atoms. The number of para-hydroxylation sites is 1. The van der Waals surface area contributed by atoms with E-state index in [4.69, 9.17) is 0 Å². The van der Waals surface area contributed by atoms with Crippen LogP contribution in [0, 0.1) is 0 Å². The first-order valence-corrected chi connectivity index (χ1v) is 10.6. The largest absolute Gasteiger partial charge is 0.308 e. The van der Waals surface area contributed by atoms with Crippen LogP contribution in [0.25, 0.3) is 5.69 Å². The van der Waals surface area contributed by atoms with Gasteiger partial charge in [-0.2, -0.15) is 5.10 Å². The molecule has 148 valence electrons. The van der Waals surface area contributed by atoms with Gasteiger partial charge in [0.05, 0.1) is 16.8 Å². The van der Waals surface area contributed by atoms with Crippen LogP contribution in [-0.4, -0.2) is 23.7 Å². The fraction of sp³-hybridized carbons (Fsp3) is 0.286. The Hall–Kier alpha value is -2.48. The third kappa shape index (κ3) is 5.28. The summed E-state index contributed by atoms with van der Waals surface area (Å²) in [6.07, 6.45) is 3.77. The molecule has 0 aliphatic carbocycles. The van der Waals surface area contributed by atoms with E-state index in [2.05, 4.69) is 15.1 Å². The van der Waals surface area contributed by atoms with E-state index in [0.29, 0.717) is 18.0 Å². The first kappa shape index (κ1) is 20.3. The highest BCUT2D eigenvalue weighted by Gasteiger charge is 2.24. The number of hydrogen-bond acceptors (Lipinski definition) is 4. The van der Waals surface area contributed by atoms with Crippen molar-refractivity contribution >= 4 is 10.0 Å². The Morgan fingerprint density at radius 1 is 0.964 bits per heavy atom. The molecular formula is C21H26N4O2S. The van der Waals surface area contributed by atoms with Gasteiger partial charge < -0.3 is 5.32 Å². The first-order chi connectivity index (χ1) is 13.2. The second-order valence-corrected chi connectivity index (χ2v) is 9.35.